The number of aryl methyl sites for hydroxylation is 1. The molecule has 2 aliphatic heterocycles. The van der Waals surface area contributed by atoms with Gasteiger partial charge >= 0.3 is 0 Å². The lowest BCUT2D eigenvalue weighted by molar-refractivity contribution is 0.0708. The van der Waals surface area contributed by atoms with Gasteiger partial charge < -0.3 is 24.8 Å². The molecule has 2 amide bonds. The molecule has 2 fully saturated rings. The maximum Gasteiger partial charge on any atom is 0.272 e. The molecule has 0 radical (unpaired) electrons. The van der Waals surface area contributed by atoms with Crippen molar-refractivity contribution >= 4 is 17.5 Å². The fourth-order valence-corrected chi connectivity index (χ4v) is 6.08. The number of anilines is 1. The van der Waals surface area contributed by atoms with Crippen LogP contribution in [0.25, 0.3) is 11.3 Å². The van der Waals surface area contributed by atoms with Gasteiger partial charge in [0, 0.05) is 55.6 Å². The van der Waals surface area contributed by atoms with Crippen molar-refractivity contribution in [2.45, 2.75) is 52.1 Å². The van der Waals surface area contributed by atoms with Gasteiger partial charge in [0.05, 0.1) is 23.6 Å². The first kappa shape index (κ1) is 31.3. The Morgan fingerprint density at radius 1 is 1.09 bits per heavy atom. The van der Waals surface area contributed by atoms with E-state index in [-0.39, 0.29) is 29.1 Å². The summed E-state index contributed by atoms with van der Waals surface area (Å²) >= 11 is 0. The SMILES string of the molecule is CCOc1ncccc1-c1ccc(N2CCN(C(=O)c3ccc(C)cc3C(F)F)C[C@H]2CC)c(C(=O)N[C@@H]2CCN(C)C2)n1. The molecule has 2 atom stereocenters. The van der Waals surface area contributed by atoms with Gasteiger partial charge in [0.15, 0.2) is 5.69 Å². The second-order valence-electron chi connectivity index (χ2n) is 11.5. The van der Waals surface area contributed by atoms with E-state index in [1.807, 2.05) is 39.1 Å². The van der Waals surface area contributed by atoms with Crippen LogP contribution in [0.3, 0.4) is 0 Å². The zero-order valence-electron chi connectivity index (χ0n) is 25.7. The van der Waals surface area contributed by atoms with Crippen LogP contribution < -0.4 is 15.0 Å². The Morgan fingerprint density at radius 2 is 1.91 bits per heavy atom. The van der Waals surface area contributed by atoms with Crippen molar-refractivity contribution < 1.29 is 23.1 Å². The van der Waals surface area contributed by atoms with Crippen molar-refractivity contribution in [1.29, 1.82) is 0 Å². The van der Waals surface area contributed by atoms with Crippen LogP contribution in [0.2, 0.25) is 0 Å². The van der Waals surface area contributed by atoms with Crippen LogP contribution >= 0.6 is 0 Å². The van der Waals surface area contributed by atoms with E-state index in [2.05, 4.69) is 20.1 Å². The third kappa shape index (κ3) is 6.67. The van der Waals surface area contributed by atoms with Crippen LogP contribution in [0.5, 0.6) is 5.88 Å². The molecule has 234 valence electrons. The van der Waals surface area contributed by atoms with Gasteiger partial charge in [0.25, 0.3) is 18.2 Å². The summed E-state index contributed by atoms with van der Waals surface area (Å²) in [4.78, 5) is 42.5. The number of aromatic nitrogens is 2. The highest BCUT2D eigenvalue weighted by molar-refractivity contribution is 5.99. The molecule has 9 nitrogen and oxygen atoms in total. The molecule has 2 aliphatic rings. The molecule has 44 heavy (non-hydrogen) atoms. The third-order valence-electron chi connectivity index (χ3n) is 8.37. The summed E-state index contributed by atoms with van der Waals surface area (Å²) in [6.45, 7) is 8.81. The number of likely N-dealkylation sites (N-methyl/N-ethyl adjacent to an activating group) is 1. The van der Waals surface area contributed by atoms with Gasteiger partial charge in [-0.15, -0.1) is 0 Å². The number of alkyl halides is 2. The number of piperazine rings is 1. The molecule has 0 unspecified atom stereocenters. The quantitative estimate of drug-likeness (QED) is 0.368. The van der Waals surface area contributed by atoms with Gasteiger partial charge in [-0.2, -0.15) is 0 Å². The lowest BCUT2D eigenvalue weighted by Crippen LogP contribution is -2.55. The monoisotopic (exact) mass is 606 g/mol. The van der Waals surface area contributed by atoms with Gasteiger partial charge in [-0.05, 0) is 76.7 Å². The Labute approximate surface area is 257 Å². The van der Waals surface area contributed by atoms with Crippen molar-refractivity contribution in [1.82, 2.24) is 25.1 Å². The number of carbonyl (C=O) groups excluding carboxylic acids is 2. The van der Waals surface area contributed by atoms with Crippen LogP contribution in [-0.4, -0.2) is 90.0 Å². The summed E-state index contributed by atoms with van der Waals surface area (Å²) in [6.07, 6.45) is 0.435. The van der Waals surface area contributed by atoms with Crippen molar-refractivity contribution in [3.63, 3.8) is 0 Å². The number of likely N-dealkylation sites (tertiary alicyclic amines) is 1. The summed E-state index contributed by atoms with van der Waals surface area (Å²) in [5.41, 5.74) is 2.68. The van der Waals surface area contributed by atoms with Crippen molar-refractivity contribution in [2.75, 3.05) is 51.3 Å². The van der Waals surface area contributed by atoms with E-state index in [4.69, 9.17) is 9.72 Å². The Balaban J connectivity index is 1.46. The maximum atomic E-state index is 13.8. The van der Waals surface area contributed by atoms with E-state index in [0.717, 1.165) is 19.5 Å². The number of benzene rings is 1. The molecule has 4 heterocycles. The largest absolute Gasteiger partial charge is 0.477 e. The normalized spacial score (nSPS) is 19.0. The number of hydrogen-bond acceptors (Lipinski definition) is 7. The molecule has 0 spiro atoms. The summed E-state index contributed by atoms with van der Waals surface area (Å²) in [7, 11) is 2.03. The minimum atomic E-state index is -2.74. The Morgan fingerprint density at radius 3 is 2.61 bits per heavy atom. The van der Waals surface area contributed by atoms with E-state index in [1.54, 1.807) is 30.2 Å². The number of ether oxygens (including phenoxy) is 1. The number of carbonyl (C=O) groups is 2. The Kier molecular flexibility index (Phi) is 9.73. The zero-order valence-corrected chi connectivity index (χ0v) is 25.7. The van der Waals surface area contributed by atoms with Crippen molar-refractivity contribution in [2.24, 2.45) is 0 Å². The maximum absolute atomic E-state index is 13.8. The smallest absolute Gasteiger partial charge is 0.272 e. The van der Waals surface area contributed by atoms with E-state index >= 15 is 0 Å². The Hall–Kier alpha value is -4.12. The molecule has 2 aromatic heterocycles. The fourth-order valence-electron chi connectivity index (χ4n) is 6.08. The summed E-state index contributed by atoms with van der Waals surface area (Å²) in [5.74, 6) is -0.231. The number of amides is 2. The standard InChI is InChI=1S/C33H40F2N6O3/c1-5-23-20-40(33(43)24-10-9-21(3)18-26(24)30(34)35)16-17-41(23)28-12-11-27(25-8-7-14-36-32(25)44-6-2)38-29(28)31(42)37-22-13-15-39(4)19-22/h7-12,14,18,22-23,30H,5-6,13,15-17,19-20H2,1-4H3,(H,37,42)/t22-,23-/m1/s1. The van der Waals surface area contributed by atoms with Crippen molar-refractivity contribution in [3.05, 3.63) is 71.0 Å². The topological polar surface area (TPSA) is 90.9 Å². The lowest BCUT2D eigenvalue weighted by Gasteiger charge is -2.43. The zero-order chi connectivity index (χ0) is 31.4. The predicted octanol–water partition coefficient (Wildman–Crippen LogP) is 4.96. The van der Waals surface area contributed by atoms with Gasteiger partial charge in [0.1, 0.15) is 0 Å². The lowest BCUT2D eigenvalue weighted by atomic mass is 10.0. The van der Waals surface area contributed by atoms with E-state index < -0.39 is 12.3 Å². The second kappa shape index (κ2) is 13.7. The highest BCUT2D eigenvalue weighted by Crippen LogP contribution is 2.33. The third-order valence-corrected chi connectivity index (χ3v) is 8.37. The Bertz CT molecular complexity index is 1500. The number of halogens is 2. The number of pyridine rings is 2. The van der Waals surface area contributed by atoms with Crippen LogP contribution in [0.15, 0.2) is 48.7 Å². The van der Waals surface area contributed by atoms with Gasteiger partial charge in [-0.3, -0.25) is 9.59 Å². The van der Waals surface area contributed by atoms with Crippen LogP contribution in [0.4, 0.5) is 14.5 Å². The number of rotatable bonds is 9. The number of hydrogen-bond donors (Lipinski definition) is 1. The molecule has 11 heteroatoms. The fraction of sp³-hybridized carbons (Fsp3) is 0.455. The van der Waals surface area contributed by atoms with Gasteiger partial charge in [0.2, 0.25) is 5.88 Å². The molecule has 3 aromatic rings. The summed E-state index contributed by atoms with van der Waals surface area (Å²) in [6, 6.07) is 11.9. The average Bonchev–Trinajstić information content (AvgIpc) is 3.44. The summed E-state index contributed by atoms with van der Waals surface area (Å²) < 4.78 is 33.4. The van der Waals surface area contributed by atoms with Crippen LogP contribution in [0, 0.1) is 6.92 Å². The molecule has 1 aromatic carbocycles. The van der Waals surface area contributed by atoms with Crippen LogP contribution in [-0.2, 0) is 0 Å². The van der Waals surface area contributed by atoms with E-state index in [1.165, 1.54) is 12.1 Å². The minimum Gasteiger partial charge on any atom is -0.477 e. The first-order valence-corrected chi connectivity index (χ1v) is 15.2. The molecule has 0 aliphatic carbocycles. The highest BCUT2D eigenvalue weighted by atomic mass is 19.3. The molecule has 1 N–H and O–H groups in total. The molecule has 0 bridgehead atoms. The average molecular weight is 607 g/mol. The molecular formula is C33H40F2N6O3. The molecular weight excluding hydrogens is 566 g/mol. The van der Waals surface area contributed by atoms with Gasteiger partial charge in [-0.1, -0.05) is 18.6 Å². The predicted molar refractivity (Wildman–Crippen MR) is 165 cm³/mol. The first-order chi connectivity index (χ1) is 21.2. The number of nitrogens with zero attached hydrogens (tertiary/aromatic N) is 5. The molecule has 5 rings (SSSR count). The van der Waals surface area contributed by atoms with E-state index in [9.17, 15) is 18.4 Å². The highest BCUT2D eigenvalue weighted by Gasteiger charge is 2.34. The van der Waals surface area contributed by atoms with Gasteiger partial charge in [-0.25, -0.2) is 18.7 Å². The summed E-state index contributed by atoms with van der Waals surface area (Å²) in [5, 5.41) is 3.17. The molecule has 0 saturated carbocycles. The van der Waals surface area contributed by atoms with E-state index in [0.29, 0.717) is 66.7 Å². The second-order valence-corrected chi connectivity index (χ2v) is 11.5. The minimum absolute atomic E-state index is 0.0122. The molecule has 2 saturated heterocycles. The van der Waals surface area contributed by atoms with Crippen LogP contribution in [0.1, 0.15) is 65.1 Å². The first-order valence-electron chi connectivity index (χ1n) is 15.2. The van der Waals surface area contributed by atoms with Crippen molar-refractivity contribution in [3.8, 4) is 17.1 Å². The number of nitrogens with one attached hydrogen (secondary N) is 1.